The summed E-state index contributed by atoms with van der Waals surface area (Å²) in [6.07, 6.45) is 3.21. The van der Waals surface area contributed by atoms with Crippen molar-refractivity contribution < 1.29 is 23.6 Å². The summed E-state index contributed by atoms with van der Waals surface area (Å²) in [6.45, 7) is 4.59. The van der Waals surface area contributed by atoms with Crippen molar-refractivity contribution in [1.82, 2.24) is 25.3 Å². The number of pyridine rings is 1. The third-order valence-electron chi connectivity index (χ3n) is 7.46. The smallest absolute Gasteiger partial charge is 0.291 e. The van der Waals surface area contributed by atoms with Gasteiger partial charge in [-0.25, -0.2) is 9.07 Å². The molecule has 4 aromatic rings. The second-order valence-corrected chi connectivity index (χ2v) is 11.0. The number of aromatic nitrogens is 4. The molecule has 2 aromatic carbocycles. The number of hydrogen-bond donors (Lipinski definition) is 3. The maximum absolute atomic E-state index is 14.7. The number of carbonyl (C=O) groups is 4. The fraction of sp³-hybridized carbons (Fsp3) is 0.258. The lowest BCUT2D eigenvalue weighted by atomic mass is 9.95. The van der Waals surface area contributed by atoms with Gasteiger partial charge >= 0.3 is 0 Å². The van der Waals surface area contributed by atoms with E-state index in [4.69, 9.17) is 11.6 Å². The van der Waals surface area contributed by atoms with E-state index in [9.17, 15) is 23.6 Å². The van der Waals surface area contributed by atoms with E-state index in [-0.39, 0.29) is 28.2 Å². The number of Topliss-reactive ketones (excluding diaryl/α,β-unsaturated/α-hetero) is 1. The molecular formula is C31H29ClFN7O4. The molecular weight excluding hydrogens is 589 g/mol. The Morgan fingerprint density at radius 2 is 1.91 bits per heavy atom. The zero-order valence-electron chi connectivity index (χ0n) is 24.1. The lowest BCUT2D eigenvalue weighted by Crippen LogP contribution is -2.30. The number of nitrogens with zero attached hydrogens (tertiary/aromatic N) is 4. The highest BCUT2D eigenvalue weighted by molar-refractivity contribution is 6.39. The third-order valence-corrected chi connectivity index (χ3v) is 7.75. The van der Waals surface area contributed by atoms with Crippen molar-refractivity contribution in [3.63, 3.8) is 0 Å². The first kappa shape index (κ1) is 30.5. The van der Waals surface area contributed by atoms with Crippen LogP contribution in [0.3, 0.4) is 0 Å². The minimum Gasteiger partial charge on any atom is -0.342 e. The quantitative estimate of drug-likeness (QED) is 0.261. The molecule has 0 unspecified atom stereocenters. The number of amides is 3. The van der Waals surface area contributed by atoms with Crippen LogP contribution in [0.25, 0.3) is 16.8 Å². The highest BCUT2D eigenvalue weighted by Gasteiger charge is 2.25. The van der Waals surface area contributed by atoms with Crippen LogP contribution in [0, 0.1) is 18.7 Å². The summed E-state index contributed by atoms with van der Waals surface area (Å²) in [7, 11) is 0. The number of rotatable bonds is 5. The van der Waals surface area contributed by atoms with Crippen LogP contribution in [0.5, 0.6) is 0 Å². The monoisotopic (exact) mass is 617 g/mol. The van der Waals surface area contributed by atoms with Gasteiger partial charge in [-0.2, -0.15) is 0 Å². The predicted molar refractivity (Wildman–Crippen MR) is 162 cm³/mol. The number of nitrogens with one attached hydrogen (secondary N) is 3. The molecule has 0 aliphatic carbocycles. The number of carbonyl (C=O) groups excluding carboxylic acids is 4. The largest absolute Gasteiger partial charge is 0.342 e. The van der Waals surface area contributed by atoms with Crippen LogP contribution in [0.1, 0.15) is 61.0 Å². The van der Waals surface area contributed by atoms with Crippen LogP contribution in [0.2, 0.25) is 5.02 Å². The number of anilines is 2. The van der Waals surface area contributed by atoms with Crippen molar-refractivity contribution >= 4 is 46.5 Å². The lowest BCUT2D eigenvalue weighted by molar-refractivity contribution is -0.133. The van der Waals surface area contributed by atoms with Crippen LogP contribution in [-0.2, 0) is 14.4 Å². The van der Waals surface area contributed by atoms with Crippen LogP contribution in [0.15, 0.2) is 54.7 Å². The summed E-state index contributed by atoms with van der Waals surface area (Å²) in [5, 5.41) is 16.4. The van der Waals surface area contributed by atoms with Gasteiger partial charge in [0.05, 0.1) is 28.1 Å². The molecule has 3 amide bonds. The zero-order valence-corrected chi connectivity index (χ0v) is 24.9. The van der Waals surface area contributed by atoms with E-state index in [0.717, 1.165) is 0 Å². The molecule has 2 atom stereocenters. The molecule has 1 aliphatic heterocycles. The maximum atomic E-state index is 14.7. The zero-order chi connectivity index (χ0) is 31.5. The van der Waals surface area contributed by atoms with Gasteiger partial charge in [-0.1, -0.05) is 42.3 Å². The predicted octanol–water partition coefficient (Wildman–Crippen LogP) is 5.19. The Labute approximate surface area is 257 Å². The second kappa shape index (κ2) is 12.7. The fourth-order valence-corrected chi connectivity index (χ4v) is 5.13. The summed E-state index contributed by atoms with van der Waals surface area (Å²) in [5.74, 6) is -3.18. The first-order valence-electron chi connectivity index (χ1n) is 13.9. The number of hydrogen-bond acceptors (Lipinski definition) is 7. The van der Waals surface area contributed by atoms with Crippen LogP contribution >= 0.6 is 11.6 Å². The van der Waals surface area contributed by atoms with Gasteiger partial charge in [0.2, 0.25) is 11.7 Å². The van der Waals surface area contributed by atoms with Gasteiger partial charge in [-0.15, -0.1) is 5.10 Å². The van der Waals surface area contributed by atoms with Gasteiger partial charge < -0.3 is 16.0 Å². The molecule has 2 bridgehead atoms. The Morgan fingerprint density at radius 1 is 1.11 bits per heavy atom. The van der Waals surface area contributed by atoms with Gasteiger partial charge in [0.15, 0.2) is 11.5 Å². The van der Waals surface area contributed by atoms with Gasteiger partial charge in [0.25, 0.3) is 11.8 Å². The highest BCUT2D eigenvalue weighted by Crippen LogP contribution is 2.34. The molecule has 226 valence electrons. The van der Waals surface area contributed by atoms with Crippen LogP contribution < -0.4 is 16.0 Å². The third kappa shape index (κ3) is 6.35. The van der Waals surface area contributed by atoms with Crippen molar-refractivity contribution in [2.45, 2.75) is 46.1 Å². The van der Waals surface area contributed by atoms with E-state index in [1.54, 1.807) is 43.5 Å². The minimum absolute atomic E-state index is 0.0184. The Hall–Kier alpha value is -4.97. The average molecular weight is 618 g/mol. The van der Waals surface area contributed by atoms with Crippen LogP contribution in [-0.4, -0.2) is 43.5 Å². The van der Waals surface area contributed by atoms with Gasteiger partial charge in [-0.3, -0.25) is 24.2 Å². The molecule has 13 heteroatoms. The van der Waals surface area contributed by atoms with E-state index in [0.29, 0.717) is 53.2 Å². The van der Waals surface area contributed by atoms with E-state index in [1.807, 2.05) is 13.0 Å². The molecule has 0 radical (unpaired) electrons. The number of fused-ring (bicyclic) bond motifs is 4. The minimum atomic E-state index is -0.768. The van der Waals surface area contributed by atoms with Crippen molar-refractivity contribution in [2.24, 2.45) is 5.92 Å². The second-order valence-electron chi connectivity index (χ2n) is 10.6. The van der Waals surface area contributed by atoms with E-state index >= 15 is 0 Å². The molecule has 0 saturated carbocycles. The molecule has 0 fully saturated rings. The number of ketones is 1. The number of halogens is 2. The molecule has 11 nitrogen and oxygen atoms in total. The van der Waals surface area contributed by atoms with E-state index in [1.165, 1.54) is 23.7 Å². The van der Waals surface area contributed by atoms with Crippen molar-refractivity contribution in [3.8, 4) is 16.8 Å². The first-order valence-corrected chi connectivity index (χ1v) is 14.3. The van der Waals surface area contributed by atoms with Crippen molar-refractivity contribution in [3.05, 3.63) is 82.6 Å². The molecule has 0 spiro atoms. The average Bonchev–Trinajstić information content (AvgIpc) is 3.38. The highest BCUT2D eigenvalue weighted by atomic mass is 35.5. The SMILES string of the molecule is CC(=O)C(=O)Nc1ccc2c(c1)NC(=O)[C@H](C)CCC[C@H](NC(=O)c1nnn(-c3cccc(Cl)c3F)c1C)c1cc-2ccn1. The Morgan fingerprint density at radius 3 is 2.68 bits per heavy atom. The molecule has 44 heavy (non-hydrogen) atoms. The van der Waals surface area contributed by atoms with E-state index in [2.05, 4.69) is 31.2 Å². The maximum Gasteiger partial charge on any atom is 0.291 e. The van der Waals surface area contributed by atoms with Gasteiger partial charge in [-0.05, 0) is 61.7 Å². The normalized spacial score (nSPS) is 16.5. The molecule has 5 rings (SSSR count). The fourth-order valence-electron chi connectivity index (χ4n) is 4.96. The van der Waals surface area contributed by atoms with Crippen molar-refractivity contribution in [2.75, 3.05) is 10.6 Å². The van der Waals surface area contributed by atoms with E-state index < -0.39 is 29.5 Å². The van der Waals surface area contributed by atoms with Gasteiger partial charge in [0.1, 0.15) is 5.69 Å². The summed E-state index contributed by atoms with van der Waals surface area (Å²) in [4.78, 5) is 54.6. The molecule has 3 heterocycles. The van der Waals surface area contributed by atoms with Crippen molar-refractivity contribution in [1.29, 1.82) is 0 Å². The summed E-state index contributed by atoms with van der Waals surface area (Å²) < 4.78 is 15.9. The first-order chi connectivity index (χ1) is 21.0. The Bertz CT molecular complexity index is 1790. The lowest BCUT2D eigenvalue weighted by Gasteiger charge is -2.22. The Kier molecular flexibility index (Phi) is 8.81. The summed E-state index contributed by atoms with van der Waals surface area (Å²) >= 11 is 5.93. The summed E-state index contributed by atoms with van der Waals surface area (Å²) in [5.41, 5.74) is 3.16. The number of benzene rings is 2. The van der Waals surface area contributed by atoms with Crippen LogP contribution in [0.4, 0.5) is 15.8 Å². The molecule has 0 saturated heterocycles. The van der Waals surface area contributed by atoms with Gasteiger partial charge in [0, 0.05) is 30.3 Å². The standard InChI is InChI=1S/C31H29ClFN7O4/c1-16-6-4-8-23(36-31(44)28-17(2)40(39-38-28)26-9-5-7-22(32)27(26)33)25-14-19(12-13-34-25)21-11-10-20(35-30(43)18(3)41)15-24(21)37-29(16)42/h5,7,9-16,23H,4,6,8H2,1-3H3,(H,35,43)(H,36,44)(H,37,42)/t16-,23+/m1/s1. The molecule has 2 aromatic heterocycles. The Balaban J connectivity index is 1.48. The summed E-state index contributed by atoms with van der Waals surface area (Å²) in [6, 6.07) is 12.5. The molecule has 1 aliphatic rings. The molecule has 3 N–H and O–H groups in total. The topological polar surface area (TPSA) is 148 Å².